The fraction of sp³-hybridized carbons (Fsp3) is 0.900. The Morgan fingerprint density at radius 1 is 1.27 bits per heavy atom. The van der Waals surface area contributed by atoms with Crippen molar-refractivity contribution >= 4 is 5.96 Å². The van der Waals surface area contributed by atoms with Crippen LogP contribution in [0.1, 0.15) is 25.7 Å². The van der Waals surface area contributed by atoms with Gasteiger partial charge in [0.25, 0.3) is 0 Å². The molecule has 1 aliphatic carbocycles. The van der Waals surface area contributed by atoms with E-state index in [1.165, 1.54) is 12.8 Å². The lowest BCUT2D eigenvalue weighted by Gasteiger charge is -2.31. The van der Waals surface area contributed by atoms with Crippen molar-refractivity contribution in [2.75, 3.05) is 21.1 Å². The Morgan fingerprint density at radius 3 is 2.27 bits per heavy atom. The predicted molar refractivity (Wildman–Crippen MR) is 63.5 cm³/mol. The molecule has 0 aromatic rings. The van der Waals surface area contributed by atoms with E-state index in [4.69, 9.17) is 5.84 Å². The Hall–Kier alpha value is -0.810. The van der Waals surface area contributed by atoms with Crippen molar-refractivity contribution in [2.24, 2.45) is 10.8 Å². The summed E-state index contributed by atoms with van der Waals surface area (Å²) in [5.41, 5.74) is 2.56. The van der Waals surface area contributed by atoms with Gasteiger partial charge in [-0.05, 0) is 39.8 Å². The Labute approximate surface area is 92.1 Å². The Bertz CT molecular complexity index is 200. The van der Waals surface area contributed by atoms with Gasteiger partial charge in [0.1, 0.15) is 0 Å². The second kappa shape index (κ2) is 5.92. The van der Waals surface area contributed by atoms with Crippen molar-refractivity contribution in [1.29, 1.82) is 0 Å². The molecule has 88 valence electrons. The van der Waals surface area contributed by atoms with E-state index in [9.17, 15) is 0 Å². The van der Waals surface area contributed by atoms with Crippen LogP contribution in [0.2, 0.25) is 0 Å². The number of rotatable bonds is 2. The van der Waals surface area contributed by atoms with Gasteiger partial charge >= 0.3 is 0 Å². The lowest BCUT2D eigenvalue weighted by atomic mass is 9.91. The van der Waals surface area contributed by atoms with E-state index < -0.39 is 0 Å². The first-order valence-electron chi connectivity index (χ1n) is 5.56. The highest BCUT2D eigenvalue weighted by atomic mass is 15.3. The molecule has 0 bridgehead atoms. The highest BCUT2D eigenvalue weighted by molar-refractivity contribution is 5.78. The van der Waals surface area contributed by atoms with E-state index in [1.807, 2.05) is 7.05 Å². The molecule has 4 N–H and O–H groups in total. The molecule has 0 heterocycles. The molecule has 0 aromatic heterocycles. The molecule has 15 heavy (non-hydrogen) atoms. The van der Waals surface area contributed by atoms with E-state index >= 15 is 0 Å². The maximum absolute atomic E-state index is 5.32. The summed E-state index contributed by atoms with van der Waals surface area (Å²) in [5.74, 6) is 6.01. The lowest BCUT2D eigenvalue weighted by Crippen LogP contribution is -2.41. The van der Waals surface area contributed by atoms with Gasteiger partial charge in [-0.1, -0.05) is 0 Å². The van der Waals surface area contributed by atoms with Gasteiger partial charge in [0.15, 0.2) is 0 Å². The molecule has 0 aliphatic heterocycles. The molecule has 0 atom stereocenters. The lowest BCUT2D eigenvalue weighted by molar-refractivity contribution is 0.217. The molecular weight excluding hydrogens is 190 g/mol. The largest absolute Gasteiger partial charge is 0.358 e. The van der Waals surface area contributed by atoms with Gasteiger partial charge in [0.05, 0.1) is 6.04 Å². The van der Waals surface area contributed by atoms with E-state index in [2.05, 4.69) is 34.7 Å². The van der Waals surface area contributed by atoms with E-state index in [-0.39, 0.29) is 0 Å². The van der Waals surface area contributed by atoms with Gasteiger partial charge in [-0.15, -0.1) is 0 Å². The van der Waals surface area contributed by atoms with Gasteiger partial charge < -0.3 is 10.2 Å². The maximum atomic E-state index is 5.32. The Balaban J connectivity index is 2.40. The fourth-order valence-electron chi connectivity index (χ4n) is 2.06. The molecule has 0 unspecified atom stereocenters. The van der Waals surface area contributed by atoms with Gasteiger partial charge in [0, 0.05) is 13.1 Å². The zero-order valence-electron chi connectivity index (χ0n) is 9.95. The monoisotopic (exact) mass is 213 g/mol. The van der Waals surface area contributed by atoms with Crippen LogP contribution in [0.15, 0.2) is 4.99 Å². The second-order valence-corrected chi connectivity index (χ2v) is 4.30. The minimum absolute atomic E-state index is 0.416. The zero-order chi connectivity index (χ0) is 11.3. The summed E-state index contributed by atoms with van der Waals surface area (Å²) >= 11 is 0. The SMILES string of the molecule is CNC(=NC1CCC(N(C)C)CC1)NN. The van der Waals surface area contributed by atoms with Crippen molar-refractivity contribution in [3.63, 3.8) is 0 Å². The number of hydrazine groups is 1. The van der Waals surface area contributed by atoms with Crippen molar-refractivity contribution in [1.82, 2.24) is 15.6 Å². The van der Waals surface area contributed by atoms with Gasteiger partial charge in [-0.2, -0.15) is 0 Å². The summed E-state index contributed by atoms with van der Waals surface area (Å²) in [6.45, 7) is 0. The Morgan fingerprint density at radius 2 is 1.87 bits per heavy atom. The van der Waals surface area contributed by atoms with Crippen LogP contribution in [0.4, 0.5) is 0 Å². The van der Waals surface area contributed by atoms with Gasteiger partial charge in [-0.25, -0.2) is 10.8 Å². The molecule has 1 fully saturated rings. The molecule has 0 saturated heterocycles. The van der Waals surface area contributed by atoms with E-state index in [0.29, 0.717) is 12.0 Å². The first-order chi connectivity index (χ1) is 7.17. The number of hydrogen-bond donors (Lipinski definition) is 3. The van der Waals surface area contributed by atoms with Crippen molar-refractivity contribution in [3.05, 3.63) is 0 Å². The van der Waals surface area contributed by atoms with Gasteiger partial charge in [-0.3, -0.25) is 5.43 Å². The topological polar surface area (TPSA) is 65.7 Å². The summed E-state index contributed by atoms with van der Waals surface area (Å²) in [5, 5.41) is 2.94. The number of aliphatic imine (C=N–C) groups is 1. The Kier molecular flexibility index (Phi) is 4.84. The van der Waals surface area contributed by atoms with E-state index in [0.717, 1.165) is 18.9 Å². The van der Waals surface area contributed by atoms with Crippen molar-refractivity contribution in [2.45, 2.75) is 37.8 Å². The van der Waals surface area contributed by atoms with Crippen LogP contribution in [0, 0.1) is 0 Å². The first-order valence-corrected chi connectivity index (χ1v) is 5.56. The normalized spacial score (nSPS) is 27.9. The summed E-state index contributed by atoms with van der Waals surface area (Å²) in [4.78, 5) is 6.82. The maximum Gasteiger partial charge on any atom is 0.205 e. The average Bonchev–Trinajstić information content (AvgIpc) is 2.26. The average molecular weight is 213 g/mol. The van der Waals surface area contributed by atoms with Gasteiger partial charge in [0.2, 0.25) is 5.96 Å². The van der Waals surface area contributed by atoms with Crippen LogP contribution in [0.25, 0.3) is 0 Å². The summed E-state index contributed by atoms with van der Waals surface area (Å²) in [6, 6.07) is 1.14. The predicted octanol–water partition coefficient (Wildman–Crippen LogP) is -0.102. The highest BCUT2D eigenvalue weighted by Gasteiger charge is 2.22. The van der Waals surface area contributed by atoms with Crippen LogP contribution in [0.5, 0.6) is 0 Å². The fourth-order valence-corrected chi connectivity index (χ4v) is 2.06. The summed E-state index contributed by atoms with van der Waals surface area (Å²) < 4.78 is 0. The summed E-state index contributed by atoms with van der Waals surface area (Å²) in [6.07, 6.45) is 4.75. The standard InChI is InChI=1S/C10H23N5/c1-12-10(14-11)13-8-4-6-9(7-5-8)15(2)3/h8-9H,4-7,11H2,1-3H3,(H2,12,13,14). The molecule has 0 aromatic carbocycles. The molecular formula is C10H23N5. The van der Waals surface area contributed by atoms with E-state index in [1.54, 1.807) is 0 Å². The quantitative estimate of drug-likeness (QED) is 0.259. The minimum Gasteiger partial charge on any atom is -0.358 e. The molecule has 1 rings (SSSR count). The number of nitrogens with two attached hydrogens (primary N) is 1. The molecule has 0 spiro atoms. The van der Waals surface area contributed by atoms with Crippen molar-refractivity contribution in [3.8, 4) is 0 Å². The molecule has 0 radical (unpaired) electrons. The third-order valence-corrected chi connectivity index (χ3v) is 3.08. The highest BCUT2D eigenvalue weighted by Crippen LogP contribution is 2.23. The molecule has 5 heteroatoms. The van der Waals surface area contributed by atoms with Crippen LogP contribution in [-0.2, 0) is 0 Å². The number of guanidine groups is 1. The number of nitrogens with one attached hydrogen (secondary N) is 2. The second-order valence-electron chi connectivity index (χ2n) is 4.30. The molecule has 5 nitrogen and oxygen atoms in total. The van der Waals surface area contributed by atoms with Crippen molar-refractivity contribution < 1.29 is 0 Å². The molecule has 0 amide bonds. The minimum atomic E-state index is 0.416. The van der Waals surface area contributed by atoms with Crippen LogP contribution < -0.4 is 16.6 Å². The van der Waals surface area contributed by atoms with Crippen LogP contribution >= 0.6 is 0 Å². The summed E-state index contributed by atoms with van der Waals surface area (Å²) in [7, 11) is 6.12. The molecule has 1 aliphatic rings. The number of nitrogens with zero attached hydrogens (tertiary/aromatic N) is 2. The van der Waals surface area contributed by atoms with Crippen LogP contribution in [0.3, 0.4) is 0 Å². The zero-order valence-corrected chi connectivity index (χ0v) is 9.95. The third kappa shape index (κ3) is 3.68. The smallest absolute Gasteiger partial charge is 0.205 e. The number of hydrogen-bond acceptors (Lipinski definition) is 3. The third-order valence-electron chi connectivity index (χ3n) is 3.08. The molecule has 1 saturated carbocycles. The van der Waals surface area contributed by atoms with Crippen LogP contribution in [-0.4, -0.2) is 44.1 Å². The first kappa shape index (κ1) is 12.3.